The SMILES string of the molecule is O=Cc1ccc(N2CCC=C(Br)C2)s1. The van der Waals surface area contributed by atoms with Crippen LogP contribution in [0.15, 0.2) is 22.7 Å². The first-order valence-corrected chi connectivity index (χ1v) is 6.05. The van der Waals surface area contributed by atoms with E-state index in [4.69, 9.17) is 0 Å². The molecule has 2 nitrogen and oxygen atoms in total. The Morgan fingerprint density at radius 2 is 2.36 bits per heavy atom. The molecule has 1 aliphatic rings. The van der Waals surface area contributed by atoms with Crippen molar-refractivity contribution in [1.29, 1.82) is 0 Å². The van der Waals surface area contributed by atoms with Gasteiger partial charge in [0, 0.05) is 17.6 Å². The number of halogens is 1. The smallest absolute Gasteiger partial charge is 0.160 e. The highest BCUT2D eigenvalue weighted by atomic mass is 79.9. The third-order valence-corrected chi connectivity index (χ3v) is 3.79. The molecular weight excluding hydrogens is 262 g/mol. The average Bonchev–Trinajstić information content (AvgIpc) is 2.66. The number of carbonyl (C=O) groups excluding carboxylic acids is 1. The zero-order chi connectivity index (χ0) is 9.97. The molecule has 4 heteroatoms. The largest absolute Gasteiger partial charge is 0.358 e. The van der Waals surface area contributed by atoms with Crippen molar-refractivity contribution in [2.75, 3.05) is 18.0 Å². The topological polar surface area (TPSA) is 20.3 Å². The average molecular weight is 272 g/mol. The minimum absolute atomic E-state index is 0.797. The molecule has 0 aromatic carbocycles. The van der Waals surface area contributed by atoms with Gasteiger partial charge in [-0.2, -0.15) is 0 Å². The lowest BCUT2D eigenvalue weighted by Crippen LogP contribution is -2.27. The van der Waals surface area contributed by atoms with Gasteiger partial charge in [-0.3, -0.25) is 4.79 Å². The van der Waals surface area contributed by atoms with Gasteiger partial charge in [-0.25, -0.2) is 0 Å². The molecule has 0 spiro atoms. The van der Waals surface area contributed by atoms with Crippen molar-refractivity contribution in [3.63, 3.8) is 0 Å². The van der Waals surface area contributed by atoms with Gasteiger partial charge in [-0.15, -0.1) is 11.3 Å². The molecule has 1 aliphatic heterocycles. The summed E-state index contributed by atoms with van der Waals surface area (Å²) in [5, 5.41) is 1.18. The maximum Gasteiger partial charge on any atom is 0.160 e. The summed E-state index contributed by atoms with van der Waals surface area (Å²) >= 11 is 5.06. The highest BCUT2D eigenvalue weighted by Gasteiger charge is 2.13. The van der Waals surface area contributed by atoms with E-state index < -0.39 is 0 Å². The molecule has 2 heterocycles. The Morgan fingerprint density at radius 1 is 1.50 bits per heavy atom. The normalized spacial score (nSPS) is 16.6. The van der Waals surface area contributed by atoms with Gasteiger partial charge in [-0.1, -0.05) is 22.0 Å². The van der Waals surface area contributed by atoms with E-state index in [2.05, 4.69) is 26.9 Å². The number of carbonyl (C=O) groups is 1. The number of hydrogen-bond donors (Lipinski definition) is 0. The fourth-order valence-electron chi connectivity index (χ4n) is 1.47. The van der Waals surface area contributed by atoms with Gasteiger partial charge in [0.25, 0.3) is 0 Å². The van der Waals surface area contributed by atoms with Gasteiger partial charge in [0.15, 0.2) is 6.29 Å². The molecular formula is C10H10BrNOS. The standard InChI is InChI=1S/C10H10BrNOS/c11-8-2-1-5-12(6-8)10-4-3-9(7-13)14-10/h2-4,7H,1,5-6H2. The zero-order valence-electron chi connectivity index (χ0n) is 7.57. The molecule has 0 radical (unpaired) electrons. The van der Waals surface area contributed by atoms with E-state index in [-0.39, 0.29) is 0 Å². The van der Waals surface area contributed by atoms with E-state index in [0.717, 1.165) is 30.7 Å². The molecule has 1 aromatic heterocycles. The van der Waals surface area contributed by atoms with Crippen LogP contribution in [0.1, 0.15) is 16.1 Å². The third kappa shape index (κ3) is 2.07. The second kappa shape index (κ2) is 4.28. The van der Waals surface area contributed by atoms with Crippen LogP contribution in [0.2, 0.25) is 0 Å². The summed E-state index contributed by atoms with van der Waals surface area (Å²) in [4.78, 5) is 13.6. The van der Waals surface area contributed by atoms with Crippen LogP contribution in [0.4, 0.5) is 5.00 Å². The van der Waals surface area contributed by atoms with Crippen molar-refractivity contribution < 1.29 is 4.79 Å². The number of thiophene rings is 1. The summed E-state index contributed by atoms with van der Waals surface area (Å²) in [5.41, 5.74) is 0. The Morgan fingerprint density at radius 3 is 3.00 bits per heavy atom. The predicted octanol–water partition coefficient (Wildman–Crippen LogP) is 3.05. The van der Waals surface area contributed by atoms with E-state index in [1.165, 1.54) is 9.48 Å². The van der Waals surface area contributed by atoms with Crippen LogP contribution in [0.3, 0.4) is 0 Å². The molecule has 0 N–H and O–H groups in total. The first-order valence-electron chi connectivity index (χ1n) is 4.44. The van der Waals surface area contributed by atoms with E-state index in [0.29, 0.717) is 0 Å². The lowest BCUT2D eigenvalue weighted by Gasteiger charge is -2.25. The molecule has 74 valence electrons. The summed E-state index contributed by atoms with van der Waals surface area (Å²) in [6, 6.07) is 3.89. The molecule has 1 aromatic rings. The molecule has 14 heavy (non-hydrogen) atoms. The molecule has 0 atom stereocenters. The molecule has 0 unspecified atom stereocenters. The van der Waals surface area contributed by atoms with E-state index in [9.17, 15) is 4.79 Å². The maximum absolute atomic E-state index is 10.5. The summed E-state index contributed by atoms with van der Waals surface area (Å²) in [7, 11) is 0. The lowest BCUT2D eigenvalue weighted by molar-refractivity contribution is 0.112. The van der Waals surface area contributed by atoms with Gasteiger partial charge in [0.1, 0.15) is 0 Å². The van der Waals surface area contributed by atoms with Gasteiger partial charge in [0.05, 0.1) is 9.88 Å². The third-order valence-electron chi connectivity index (χ3n) is 2.15. The predicted molar refractivity (Wildman–Crippen MR) is 63.5 cm³/mol. The number of anilines is 1. The monoisotopic (exact) mass is 271 g/mol. The molecule has 0 aliphatic carbocycles. The van der Waals surface area contributed by atoms with Gasteiger partial charge >= 0.3 is 0 Å². The minimum atomic E-state index is 0.797. The Kier molecular flexibility index (Phi) is 3.03. The van der Waals surface area contributed by atoms with Crippen molar-refractivity contribution in [1.82, 2.24) is 0 Å². The van der Waals surface area contributed by atoms with Crippen LogP contribution in [0.5, 0.6) is 0 Å². The number of nitrogens with zero attached hydrogens (tertiary/aromatic N) is 1. The molecule has 0 bridgehead atoms. The van der Waals surface area contributed by atoms with Crippen molar-refractivity contribution in [2.45, 2.75) is 6.42 Å². The summed E-state index contributed by atoms with van der Waals surface area (Å²) in [6.07, 6.45) is 4.17. The summed E-state index contributed by atoms with van der Waals surface area (Å²) in [6.45, 7) is 1.95. The van der Waals surface area contributed by atoms with Crippen LogP contribution in [-0.4, -0.2) is 19.4 Å². The van der Waals surface area contributed by atoms with Gasteiger partial charge < -0.3 is 4.90 Å². The molecule has 0 saturated carbocycles. The zero-order valence-corrected chi connectivity index (χ0v) is 9.97. The number of rotatable bonds is 2. The molecule has 0 fully saturated rings. The molecule has 0 saturated heterocycles. The van der Waals surface area contributed by atoms with E-state index >= 15 is 0 Å². The van der Waals surface area contributed by atoms with Gasteiger partial charge in [-0.05, 0) is 18.6 Å². The lowest BCUT2D eigenvalue weighted by atomic mass is 10.2. The highest BCUT2D eigenvalue weighted by molar-refractivity contribution is 9.11. The van der Waals surface area contributed by atoms with Gasteiger partial charge in [0.2, 0.25) is 0 Å². The highest BCUT2D eigenvalue weighted by Crippen LogP contribution is 2.28. The van der Waals surface area contributed by atoms with Crippen molar-refractivity contribution >= 4 is 38.6 Å². The minimum Gasteiger partial charge on any atom is -0.358 e. The maximum atomic E-state index is 10.5. The summed E-state index contributed by atoms with van der Waals surface area (Å²) in [5.74, 6) is 0. The summed E-state index contributed by atoms with van der Waals surface area (Å²) < 4.78 is 1.23. The van der Waals surface area contributed by atoms with E-state index in [1.54, 1.807) is 11.3 Å². The van der Waals surface area contributed by atoms with Crippen LogP contribution in [0.25, 0.3) is 0 Å². The number of hydrogen-bond acceptors (Lipinski definition) is 3. The van der Waals surface area contributed by atoms with Crippen molar-refractivity contribution in [3.05, 3.63) is 27.6 Å². The molecule has 0 amide bonds. The Bertz CT molecular complexity index is 372. The second-order valence-corrected chi connectivity index (χ2v) is 5.27. The fraction of sp³-hybridized carbons (Fsp3) is 0.300. The first-order chi connectivity index (χ1) is 6.79. The van der Waals surface area contributed by atoms with Crippen LogP contribution in [-0.2, 0) is 0 Å². The second-order valence-electron chi connectivity index (χ2n) is 3.16. The van der Waals surface area contributed by atoms with Crippen LogP contribution in [0, 0.1) is 0 Å². The van der Waals surface area contributed by atoms with E-state index in [1.807, 2.05) is 12.1 Å². The number of aldehydes is 1. The first kappa shape index (κ1) is 9.93. The fourth-order valence-corrected chi connectivity index (χ4v) is 2.84. The Balaban J connectivity index is 2.15. The van der Waals surface area contributed by atoms with Crippen LogP contribution < -0.4 is 4.90 Å². The van der Waals surface area contributed by atoms with Crippen LogP contribution >= 0.6 is 27.3 Å². The molecule has 2 rings (SSSR count). The van der Waals surface area contributed by atoms with Crippen molar-refractivity contribution in [3.8, 4) is 0 Å². The quantitative estimate of drug-likeness (QED) is 0.771. The van der Waals surface area contributed by atoms with Crippen molar-refractivity contribution in [2.24, 2.45) is 0 Å². The Hall–Kier alpha value is -0.610. The Labute approximate surface area is 95.4 Å².